The highest BCUT2D eigenvalue weighted by molar-refractivity contribution is 5.88. The zero-order valence-corrected chi connectivity index (χ0v) is 12.2. The van der Waals surface area contributed by atoms with Gasteiger partial charge in [0.1, 0.15) is 6.04 Å². The third-order valence-corrected chi connectivity index (χ3v) is 4.20. The molecule has 2 atom stereocenters. The van der Waals surface area contributed by atoms with Crippen molar-refractivity contribution >= 4 is 11.9 Å². The first-order valence-corrected chi connectivity index (χ1v) is 7.18. The van der Waals surface area contributed by atoms with E-state index in [0.717, 1.165) is 25.8 Å². The summed E-state index contributed by atoms with van der Waals surface area (Å²) in [5.74, 6) is -0.856. The summed E-state index contributed by atoms with van der Waals surface area (Å²) in [6, 6.07) is -0.760. The number of carbonyl (C=O) groups excluding carboxylic acids is 1. The van der Waals surface area contributed by atoms with Gasteiger partial charge in [-0.3, -0.25) is 4.79 Å². The predicted molar refractivity (Wildman–Crippen MR) is 73.8 cm³/mol. The van der Waals surface area contributed by atoms with E-state index in [2.05, 4.69) is 10.6 Å². The molecule has 5 nitrogen and oxygen atoms in total. The monoisotopic (exact) mass is 270 g/mol. The van der Waals surface area contributed by atoms with Crippen LogP contribution in [0.25, 0.3) is 0 Å². The van der Waals surface area contributed by atoms with E-state index in [4.69, 9.17) is 0 Å². The molecule has 5 heteroatoms. The van der Waals surface area contributed by atoms with E-state index in [1.807, 2.05) is 20.8 Å². The molecule has 0 bridgehead atoms. The maximum Gasteiger partial charge on any atom is 0.326 e. The Morgan fingerprint density at radius 2 is 2.11 bits per heavy atom. The Morgan fingerprint density at radius 1 is 1.42 bits per heavy atom. The van der Waals surface area contributed by atoms with Crippen LogP contribution < -0.4 is 10.6 Å². The van der Waals surface area contributed by atoms with E-state index in [0.29, 0.717) is 13.0 Å². The number of aliphatic carboxylic acids is 1. The van der Waals surface area contributed by atoms with Crippen LogP contribution in [0.15, 0.2) is 0 Å². The standard InChI is InChI=1S/C14H26N2O3/c1-4-5-6-11(12(17)18)16-13(19)14(10(2)3)7-8-15-9-14/h10-11,15H,4-9H2,1-3H3,(H,16,19)(H,17,18). The lowest BCUT2D eigenvalue weighted by Crippen LogP contribution is -2.51. The molecule has 3 N–H and O–H groups in total. The van der Waals surface area contributed by atoms with Crippen LogP contribution >= 0.6 is 0 Å². The number of amides is 1. The third-order valence-electron chi connectivity index (χ3n) is 4.20. The van der Waals surface area contributed by atoms with E-state index in [-0.39, 0.29) is 11.8 Å². The van der Waals surface area contributed by atoms with Crippen molar-refractivity contribution in [3.8, 4) is 0 Å². The molecule has 1 rings (SSSR count). The van der Waals surface area contributed by atoms with Gasteiger partial charge in [-0.25, -0.2) is 4.79 Å². The van der Waals surface area contributed by atoms with Crippen molar-refractivity contribution in [1.82, 2.24) is 10.6 Å². The minimum Gasteiger partial charge on any atom is -0.480 e. The number of hydrogen-bond donors (Lipinski definition) is 3. The number of nitrogens with one attached hydrogen (secondary N) is 2. The number of rotatable bonds is 7. The van der Waals surface area contributed by atoms with E-state index in [9.17, 15) is 14.7 Å². The van der Waals surface area contributed by atoms with Gasteiger partial charge in [0.2, 0.25) is 5.91 Å². The summed E-state index contributed by atoms with van der Waals surface area (Å²) >= 11 is 0. The molecule has 1 fully saturated rings. The molecule has 19 heavy (non-hydrogen) atoms. The molecule has 1 amide bonds. The van der Waals surface area contributed by atoms with Gasteiger partial charge in [-0.15, -0.1) is 0 Å². The fraction of sp³-hybridized carbons (Fsp3) is 0.857. The Kier molecular flexibility index (Phi) is 5.79. The first-order valence-electron chi connectivity index (χ1n) is 7.18. The molecule has 1 aliphatic heterocycles. The molecule has 0 radical (unpaired) electrons. The number of unbranched alkanes of at least 4 members (excludes halogenated alkanes) is 1. The van der Waals surface area contributed by atoms with E-state index in [1.165, 1.54) is 0 Å². The summed E-state index contributed by atoms with van der Waals surface area (Å²) in [7, 11) is 0. The Morgan fingerprint density at radius 3 is 2.53 bits per heavy atom. The van der Waals surface area contributed by atoms with Gasteiger partial charge in [0, 0.05) is 6.54 Å². The van der Waals surface area contributed by atoms with Gasteiger partial charge in [-0.2, -0.15) is 0 Å². The predicted octanol–water partition coefficient (Wildman–Crippen LogP) is 1.38. The van der Waals surface area contributed by atoms with Crippen LogP contribution in [-0.2, 0) is 9.59 Å². The van der Waals surface area contributed by atoms with Gasteiger partial charge in [0.25, 0.3) is 0 Å². The highest BCUT2D eigenvalue weighted by Crippen LogP contribution is 2.34. The fourth-order valence-corrected chi connectivity index (χ4v) is 2.63. The maximum absolute atomic E-state index is 12.5. The highest BCUT2D eigenvalue weighted by Gasteiger charge is 2.44. The molecule has 2 unspecified atom stereocenters. The molecule has 1 aliphatic rings. The van der Waals surface area contributed by atoms with Crippen LogP contribution in [0.3, 0.4) is 0 Å². The minimum atomic E-state index is -0.938. The normalized spacial score (nSPS) is 24.4. The molecule has 110 valence electrons. The Hall–Kier alpha value is -1.10. The van der Waals surface area contributed by atoms with Gasteiger partial charge in [-0.1, -0.05) is 33.6 Å². The minimum absolute atomic E-state index is 0.115. The molecule has 0 aromatic heterocycles. The van der Waals surface area contributed by atoms with E-state index >= 15 is 0 Å². The fourth-order valence-electron chi connectivity index (χ4n) is 2.63. The molecule has 0 aliphatic carbocycles. The van der Waals surface area contributed by atoms with Crippen LogP contribution in [0.4, 0.5) is 0 Å². The number of carboxylic acid groups (broad SMARTS) is 1. The lowest BCUT2D eigenvalue weighted by atomic mass is 9.75. The zero-order valence-electron chi connectivity index (χ0n) is 12.2. The van der Waals surface area contributed by atoms with Gasteiger partial charge in [-0.05, 0) is 25.3 Å². The van der Waals surface area contributed by atoms with Crippen molar-refractivity contribution in [3.63, 3.8) is 0 Å². The topological polar surface area (TPSA) is 78.4 Å². The van der Waals surface area contributed by atoms with Crippen molar-refractivity contribution < 1.29 is 14.7 Å². The lowest BCUT2D eigenvalue weighted by molar-refractivity contribution is -0.144. The van der Waals surface area contributed by atoms with Crippen LogP contribution in [0.1, 0.15) is 46.5 Å². The van der Waals surface area contributed by atoms with Crippen molar-refractivity contribution in [2.24, 2.45) is 11.3 Å². The van der Waals surface area contributed by atoms with Crippen molar-refractivity contribution in [2.75, 3.05) is 13.1 Å². The Bertz CT molecular complexity index is 323. The quantitative estimate of drug-likeness (QED) is 0.653. The number of carboxylic acids is 1. The number of carbonyl (C=O) groups is 2. The molecular formula is C14H26N2O3. The van der Waals surface area contributed by atoms with Gasteiger partial charge in [0.15, 0.2) is 0 Å². The molecule has 0 aromatic carbocycles. The summed E-state index contributed by atoms with van der Waals surface area (Å²) in [5.41, 5.74) is -0.458. The maximum atomic E-state index is 12.5. The first-order chi connectivity index (χ1) is 8.94. The second-order valence-electron chi connectivity index (χ2n) is 5.74. The Labute approximate surface area is 115 Å². The van der Waals surface area contributed by atoms with Gasteiger partial charge >= 0.3 is 5.97 Å². The average Bonchev–Trinajstić information content (AvgIpc) is 2.84. The summed E-state index contributed by atoms with van der Waals surface area (Å²) < 4.78 is 0. The van der Waals surface area contributed by atoms with Crippen molar-refractivity contribution in [2.45, 2.75) is 52.5 Å². The number of hydrogen-bond acceptors (Lipinski definition) is 3. The van der Waals surface area contributed by atoms with Crippen LogP contribution in [0.5, 0.6) is 0 Å². The van der Waals surface area contributed by atoms with Crippen LogP contribution in [0.2, 0.25) is 0 Å². The highest BCUT2D eigenvalue weighted by atomic mass is 16.4. The van der Waals surface area contributed by atoms with Gasteiger partial charge < -0.3 is 15.7 Å². The summed E-state index contributed by atoms with van der Waals surface area (Å²) in [6.07, 6.45) is 3.01. The molecule has 1 heterocycles. The average molecular weight is 270 g/mol. The third kappa shape index (κ3) is 3.69. The van der Waals surface area contributed by atoms with Crippen LogP contribution in [0, 0.1) is 11.3 Å². The molecular weight excluding hydrogens is 244 g/mol. The largest absolute Gasteiger partial charge is 0.480 e. The second kappa shape index (κ2) is 6.89. The molecule has 0 saturated carbocycles. The van der Waals surface area contributed by atoms with E-state index < -0.39 is 17.4 Å². The summed E-state index contributed by atoms with van der Waals surface area (Å²) in [5, 5.41) is 15.1. The van der Waals surface area contributed by atoms with E-state index in [1.54, 1.807) is 0 Å². The zero-order chi connectivity index (χ0) is 14.5. The van der Waals surface area contributed by atoms with Gasteiger partial charge in [0.05, 0.1) is 5.41 Å². The lowest BCUT2D eigenvalue weighted by Gasteiger charge is -2.32. The molecule has 0 spiro atoms. The summed E-state index contributed by atoms with van der Waals surface area (Å²) in [4.78, 5) is 23.7. The first kappa shape index (κ1) is 16.0. The Balaban J connectivity index is 2.72. The smallest absolute Gasteiger partial charge is 0.326 e. The molecule has 0 aromatic rings. The SMILES string of the molecule is CCCCC(NC(=O)C1(C(C)C)CCNC1)C(=O)O. The van der Waals surface area contributed by atoms with Crippen LogP contribution in [-0.4, -0.2) is 36.1 Å². The molecule has 1 saturated heterocycles. The summed E-state index contributed by atoms with van der Waals surface area (Å²) in [6.45, 7) is 7.51. The van der Waals surface area contributed by atoms with Crippen molar-refractivity contribution in [3.05, 3.63) is 0 Å². The van der Waals surface area contributed by atoms with Crippen molar-refractivity contribution in [1.29, 1.82) is 0 Å². The second-order valence-corrected chi connectivity index (χ2v) is 5.74.